The summed E-state index contributed by atoms with van der Waals surface area (Å²) in [5, 5.41) is 0. The van der Waals surface area contributed by atoms with E-state index in [-0.39, 0.29) is 17.7 Å². The number of carbonyl (C=O) groups excluding carboxylic acids is 1. The van der Waals surface area contributed by atoms with E-state index >= 15 is 0 Å². The highest BCUT2D eigenvalue weighted by Crippen LogP contribution is 2.21. The van der Waals surface area contributed by atoms with E-state index < -0.39 is 0 Å². The van der Waals surface area contributed by atoms with Gasteiger partial charge in [-0.05, 0) is 56.1 Å². The molecule has 0 amide bonds. The van der Waals surface area contributed by atoms with Crippen LogP contribution in [0.4, 0.5) is 4.39 Å². The summed E-state index contributed by atoms with van der Waals surface area (Å²) < 4.78 is 18.5. The number of carbonyl (C=O) groups is 1. The van der Waals surface area contributed by atoms with Gasteiger partial charge in [-0.3, -0.25) is 9.69 Å². The molecule has 0 bridgehead atoms. The molecule has 1 heterocycles. The van der Waals surface area contributed by atoms with Crippen LogP contribution in [0.25, 0.3) is 0 Å². The molecule has 1 aliphatic heterocycles. The Kier molecular flexibility index (Phi) is 5.70. The third kappa shape index (κ3) is 4.51. The molecule has 21 heavy (non-hydrogen) atoms. The molecular weight excluding hydrogens is 271 g/mol. The van der Waals surface area contributed by atoms with Crippen LogP contribution in [-0.2, 0) is 22.6 Å². The number of esters is 1. The topological polar surface area (TPSA) is 55.6 Å². The van der Waals surface area contributed by atoms with Crippen molar-refractivity contribution in [1.82, 2.24) is 4.90 Å². The van der Waals surface area contributed by atoms with Crippen LogP contribution in [-0.4, -0.2) is 30.6 Å². The number of nitrogens with zero attached hydrogens (tertiary/aromatic N) is 1. The maximum absolute atomic E-state index is 13.5. The van der Waals surface area contributed by atoms with E-state index in [2.05, 4.69) is 4.90 Å². The number of hydrogen-bond donors (Lipinski definition) is 1. The van der Waals surface area contributed by atoms with Crippen molar-refractivity contribution < 1.29 is 13.9 Å². The molecule has 0 aromatic heterocycles. The number of hydrogen-bond acceptors (Lipinski definition) is 4. The smallest absolute Gasteiger partial charge is 0.309 e. The van der Waals surface area contributed by atoms with E-state index in [1.165, 1.54) is 6.07 Å². The largest absolute Gasteiger partial charge is 0.466 e. The highest BCUT2D eigenvalue weighted by Gasteiger charge is 2.25. The van der Waals surface area contributed by atoms with Gasteiger partial charge >= 0.3 is 5.97 Å². The molecule has 1 fully saturated rings. The highest BCUT2D eigenvalue weighted by atomic mass is 19.1. The van der Waals surface area contributed by atoms with Crippen molar-refractivity contribution in [3.05, 3.63) is 35.1 Å². The zero-order valence-corrected chi connectivity index (χ0v) is 12.5. The summed E-state index contributed by atoms with van der Waals surface area (Å²) in [5.41, 5.74) is 7.32. The zero-order chi connectivity index (χ0) is 15.2. The van der Waals surface area contributed by atoms with Crippen LogP contribution in [0.2, 0.25) is 0 Å². The molecule has 1 aliphatic rings. The number of halogens is 1. The Morgan fingerprint density at radius 3 is 2.62 bits per heavy atom. The SMILES string of the molecule is CCOC(=O)C1CCN(Cc2cc(F)cc(CN)c2)CC1. The normalized spacial score (nSPS) is 16.9. The lowest BCUT2D eigenvalue weighted by atomic mass is 9.96. The second-order valence-corrected chi connectivity index (χ2v) is 5.47. The van der Waals surface area contributed by atoms with Crippen molar-refractivity contribution in [1.29, 1.82) is 0 Å². The molecule has 0 spiro atoms. The van der Waals surface area contributed by atoms with Gasteiger partial charge in [0.1, 0.15) is 5.82 Å². The van der Waals surface area contributed by atoms with Gasteiger partial charge in [-0.1, -0.05) is 6.07 Å². The average molecular weight is 294 g/mol. The van der Waals surface area contributed by atoms with E-state index in [9.17, 15) is 9.18 Å². The summed E-state index contributed by atoms with van der Waals surface area (Å²) >= 11 is 0. The molecule has 1 saturated heterocycles. The van der Waals surface area contributed by atoms with Crippen molar-refractivity contribution in [2.24, 2.45) is 11.7 Å². The summed E-state index contributed by atoms with van der Waals surface area (Å²) in [6, 6.07) is 4.97. The van der Waals surface area contributed by atoms with Crippen molar-refractivity contribution >= 4 is 5.97 Å². The lowest BCUT2D eigenvalue weighted by Gasteiger charge is -2.30. The van der Waals surface area contributed by atoms with Gasteiger partial charge in [0.15, 0.2) is 0 Å². The van der Waals surface area contributed by atoms with Crippen molar-refractivity contribution in [2.75, 3.05) is 19.7 Å². The molecule has 1 aromatic carbocycles. The molecule has 1 aromatic rings. The highest BCUT2D eigenvalue weighted by molar-refractivity contribution is 5.72. The maximum Gasteiger partial charge on any atom is 0.309 e. The second kappa shape index (κ2) is 7.52. The fourth-order valence-electron chi connectivity index (χ4n) is 2.77. The standard InChI is InChI=1S/C16H23FN2O2/c1-2-21-16(20)14-3-5-19(6-4-14)11-13-7-12(10-18)8-15(17)9-13/h7-9,14H,2-6,10-11,18H2,1H3. The Hall–Kier alpha value is -1.46. The predicted octanol–water partition coefficient (Wildman–Crippen LogP) is 2.06. The molecule has 0 aliphatic carbocycles. The quantitative estimate of drug-likeness (QED) is 0.845. The van der Waals surface area contributed by atoms with Crippen LogP contribution in [0.5, 0.6) is 0 Å². The Bertz CT molecular complexity index is 485. The first-order chi connectivity index (χ1) is 10.1. The first-order valence-electron chi connectivity index (χ1n) is 7.49. The lowest BCUT2D eigenvalue weighted by Crippen LogP contribution is -2.36. The van der Waals surface area contributed by atoms with Crippen molar-refractivity contribution in [2.45, 2.75) is 32.9 Å². The van der Waals surface area contributed by atoms with Gasteiger partial charge in [-0.25, -0.2) is 4.39 Å². The van der Waals surface area contributed by atoms with Gasteiger partial charge in [0.2, 0.25) is 0 Å². The molecule has 0 unspecified atom stereocenters. The maximum atomic E-state index is 13.5. The van der Waals surface area contributed by atoms with Gasteiger partial charge in [-0.2, -0.15) is 0 Å². The first kappa shape index (κ1) is 15.9. The number of ether oxygens (including phenoxy) is 1. The Morgan fingerprint density at radius 1 is 1.33 bits per heavy atom. The Morgan fingerprint density at radius 2 is 2.00 bits per heavy atom. The summed E-state index contributed by atoms with van der Waals surface area (Å²) in [4.78, 5) is 13.9. The summed E-state index contributed by atoms with van der Waals surface area (Å²) in [7, 11) is 0. The first-order valence-corrected chi connectivity index (χ1v) is 7.49. The van der Waals surface area contributed by atoms with Crippen LogP contribution in [0.15, 0.2) is 18.2 Å². The van der Waals surface area contributed by atoms with Gasteiger partial charge in [0, 0.05) is 13.1 Å². The van der Waals surface area contributed by atoms with E-state index in [0.29, 0.717) is 19.7 Å². The van der Waals surface area contributed by atoms with Gasteiger partial charge < -0.3 is 10.5 Å². The third-order valence-electron chi connectivity index (χ3n) is 3.87. The zero-order valence-electron chi connectivity index (χ0n) is 12.5. The predicted molar refractivity (Wildman–Crippen MR) is 78.9 cm³/mol. The number of piperidine rings is 1. The third-order valence-corrected chi connectivity index (χ3v) is 3.87. The fourth-order valence-corrected chi connectivity index (χ4v) is 2.77. The molecule has 0 atom stereocenters. The fraction of sp³-hybridized carbons (Fsp3) is 0.562. The van der Waals surface area contributed by atoms with Crippen LogP contribution in [0.1, 0.15) is 30.9 Å². The van der Waals surface area contributed by atoms with Gasteiger partial charge in [0.05, 0.1) is 12.5 Å². The second-order valence-electron chi connectivity index (χ2n) is 5.47. The summed E-state index contributed by atoms with van der Waals surface area (Å²) in [5.74, 6) is -0.323. The molecule has 4 nitrogen and oxygen atoms in total. The number of nitrogens with two attached hydrogens (primary N) is 1. The minimum Gasteiger partial charge on any atom is -0.466 e. The average Bonchev–Trinajstić information content (AvgIpc) is 2.47. The van der Waals surface area contributed by atoms with E-state index in [0.717, 1.165) is 37.1 Å². The Labute approximate surface area is 125 Å². The monoisotopic (exact) mass is 294 g/mol. The molecule has 116 valence electrons. The lowest BCUT2D eigenvalue weighted by molar-refractivity contribution is -0.149. The molecule has 0 saturated carbocycles. The number of rotatable bonds is 5. The van der Waals surface area contributed by atoms with E-state index in [1.54, 1.807) is 6.07 Å². The van der Waals surface area contributed by atoms with Crippen LogP contribution in [0.3, 0.4) is 0 Å². The van der Waals surface area contributed by atoms with E-state index in [4.69, 9.17) is 10.5 Å². The van der Waals surface area contributed by atoms with Crippen LogP contribution < -0.4 is 5.73 Å². The molecule has 5 heteroatoms. The minimum absolute atomic E-state index is 0.00770. The molecule has 0 radical (unpaired) electrons. The van der Waals surface area contributed by atoms with Gasteiger partial charge in [0.25, 0.3) is 0 Å². The molecule has 2 rings (SSSR count). The molecular formula is C16H23FN2O2. The molecule has 2 N–H and O–H groups in total. The van der Waals surface area contributed by atoms with E-state index in [1.807, 2.05) is 13.0 Å². The van der Waals surface area contributed by atoms with Crippen molar-refractivity contribution in [3.8, 4) is 0 Å². The summed E-state index contributed by atoms with van der Waals surface area (Å²) in [6.07, 6.45) is 1.61. The van der Waals surface area contributed by atoms with Gasteiger partial charge in [-0.15, -0.1) is 0 Å². The van der Waals surface area contributed by atoms with Crippen LogP contribution in [0, 0.1) is 11.7 Å². The summed E-state index contributed by atoms with van der Waals surface area (Å²) in [6.45, 7) is 4.96. The Balaban J connectivity index is 1.89. The number of likely N-dealkylation sites (tertiary alicyclic amines) is 1. The number of benzene rings is 1. The van der Waals surface area contributed by atoms with Crippen molar-refractivity contribution in [3.63, 3.8) is 0 Å². The van der Waals surface area contributed by atoms with Crippen LogP contribution >= 0.6 is 0 Å². The minimum atomic E-state index is -0.241.